The molecule has 1 saturated carbocycles. The summed E-state index contributed by atoms with van der Waals surface area (Å²) in [4.78, 5) is 20.9. The average molecular weight is 366 g/mol. The molecular formula is C22H26N2O3. The van der Waals surface area contributed by atoms with Crippen LogP contribution in [0.5, 0.6) is 0 Å². The fraction of sp³-hybridized carbons (Fsp3) is 0.500. The maximum atomic E-state index is 12.3. The second kappa shape index (κ2) is 7.29. The molecule has 0 unspecified atom stereocenters. The fourth-order valence-corrected chi connectivity index (χ4v) is 5.06. The summed E-state index contributed by atoms with van der Waals surface area (Å²) in [6, 6.07) is 3.94. The lowest BCUT2D eigenvalue weighted by Crippen LogP contribution is -2.40. The molecule has 142 valence electrons. The first-order chi connectivity index (χ1) is 13.1. The first kappa shape index (κ1) is 18.0. The molecule has 5 heteroatoms. The summed E-state index contributed by atoms with van der Waals surface area (Å²) in [5.41, 5.74) is 1.76. The second-order valence-electron chi connectivity index (χ2n) is 7.86. The van der Waals surface area contributed by atoms with Crippen molar-refractivity contribution in [2.75, 3.05) is 0 Å². The molecule has 1 aliphatic carbocycles. The lowest BCUT2D eigenvalue weighted by molar-refractivity contribution is -0.144. The largest absolute Gasteiger partial charge is 0.462 e. The predicted octanol–water partition coefficient (Wildman–Crippen LogP) is 4.61. The number of cyclic esters (lactones) is 1. The molecule has 27 heavy (non-hydrogen) atoms. The summed E-state index contributed by atoms with van der Waals surface area (Å²) in [7, 11) is 0. The molecule has 0 spiro atoms. The van der Waals surface area contributed by atoms with Gasteiger partial charge in [-0.3, -0.25) is 9.78 Å². The molecule has 0 bridgehead atoms. The van der Waals surface area contributed by atoms with Gasteiger partial charge >= 0.3 is 5.97 Å². The van der Waals surface area contributed by atoms with Gasteiger partial charge in [0.2, 0.25) is 5.89 Å². The van der Waals surface area contributed by atoms with E-state index >= 15 is 0 Å². The average Bonchev–Trinajstić information content (AvgIpc) is 3.29. The van der Waals surface area contributed by atoms with Gasteiger partial charge in [0.05, 0.1) is 23.4 Å². The number of esters is 1. The zero-order chi connectivity index (χ0) is 19.0. The van der Waals surface area contributed by atoms with E-state index in [2.05, 4.69) is 36.0 Å². The van der Waals surface area contributed by atoms with Gasteiger partial charge in [0.1, 0.15) is 12.4 Å². The first-order valence-electron chi connectivity index (χ1n) is 9.83. The Morgan fingerprint density at radius 2 is 2.11 bits per heavy atom. The number of carbonyl (C=O) groups excluding carboxylic acids is 1. The number of pyridine rings is 1. The second-order valence-corrected chi connectivity index (χ2v) is 7.86. The van der Waals surface area contributed by atoms with Crippen LogP contribution in [-0.2, 0) is 9.53 Å². The van der Waals surface area contributed by atoms with Crippen LogP contribution in [0.15, 0.2) is 41.3 Å². The Labute approximate surface area is 159 Å². The molecule has 0 N–H and O–H groups in total. The van der Waals surface area contributed by atoms with Gasteiger partial charge in [-0.2, -0.15) is 0 Å². The van der Waals surface area contributed by atoms with E-state index < -0.39 is 0 Å². The zero-order valence-electron chi connectivity index (χ0n) is 16.0. The van der Waals surface area contributed by atoms with Crippen molar-refractivity contribution in [2.45, 2.75) is 39.7 Å². The summed E-state index contributed by atoms with van der Waals surface area (Å²) < 4.78 is 10.9. The van der Waals surface area contributed by atoms with Crippen LogP contribution < -0.4 is 0 Å². The van der Waals surface area contributed by atoms with Crippen molar-refractivity contribution in [1.82, 2.24) is 9.97 Å². The third-order valence-electron chi connectivity index (χ3n) is 6.33. The van der Waals surface area contributed by atoms with Crippen LogP contribution in [0.3, 0.4) is 0 Å². The lowest BCUT2D eigenvalue weighted by atomic mass is 9.61. The number of rotatable bonds is 4. The Kier molecular flexibility index (Phi) is 4.85. The third kappa shape index (κ3) is 3.31. The normalized spacial score (nSPS) is 33.2. The molecule has 4 rings (SSSR count). The van der Waals surface area contributed by atoms with Gasteiger partial charge in [-0.25, -0.2) is 4.98 Å². The van der Waals surface area contributed by atoms with Crippen LogP contribution in [0.25, 0.3) is 17.5 Å². The number of fused-ring (bicyclic) bond motifs is 1. The monoisotopic (exact) mass is 366 g/mol. The lowest BCUT2D eigenvalue weighted by Gasteiger charge is -2.41. The van der Waals surface area contributed by atoms with Crippen molar-refractivity contribution in [3.63, 3.8) is 0 Å². The number of carbonyl (C=O) groups is 1. The van der Waals surface area contributed by atoms with Crippen LogP contribution in [0.1, 0.15) is 39.3 Å². The highest BCUT2D eigenvalue weighted by Gasteiger charge is 2.52. The van der Waals surface area contributed by atoms with E-state index in [4.69, 9.17) is 9.15 Å². The molecule has 0 amide bonds. The van der Waals surface area contributed by atoms with Crippen LogP contribution in [0.4, 0.5) is 0 Å². The SMILES string of the molecule is CC[C@H]1[C@H](C=Cc2ccc(-c3ncco3)cn2)[C@@H]2[C@@H](C)OC(=O)[C@@H]2C[C@@H]1C. The van der Waals surface area contributed by atoms with Crippen LogP contribution >= 0.6 is 0 Å². The number of aromatic nitrogens is 2. The van der Waals surface area contributed by atoms with Gasteiger partial charge in [0, 0.05) is 12.1 Å². The molecule has 2 fully saturated rings. The quantitative estimate of drug-likeness (QED) is 0.739. The molecule has 2 aromatic rings. The predicted molar refractivity (Wildman–Crippen MR) is 102 cm³/mol. The Bertz CT molecular complexity index is 813. The Morgan fingerprint density at radius 1 is 1.26 bits per heavy atom. The minimum absolute atomic E-state index is 0.0132. The van der Waals surface area contributed by atoms with Gasteiger partial charge in [-0.1, -0.05) is 26.3 Å². The van der Waals surface area contributed by atoms with E-state index in [0.29, 0.717) is 23.6 Å². The third-order valence-corrected chi connectivity index (χ3v) is 6.33. The number of hydrogen-bond donors (Lipinski definition) is 0. The number of allylic oxidation sites excluding steroid dienone is 1. The van der Waals surface area contributed by atoms with Crippen LogP contribution in [0, 0.1) is 29.6 Å². The summed E-state index contributed by atoms with van der Waals surface area (Å²) in [5.74, 6) is 2.27. The summed E-state index contributed by atoms with van der Waals surface area (Å²) in [6.07, 6.45) is 11.3. The van der Waals surface area contributed by atoms with E-state index in [1.807, 2.05) is 19.1 Å². The summed E-state index contributed by atoms with van der Waals surface area (Å²) >= 11 is 0. The number of nitrogens with zero attached hydrogens (tertiary/aromatic N) is 2. The molecule has 2 aromatic heterocycles. The van der Waals surface area contributed by atoms with Crippen LogP contribution in [-0.4, -0.2) is 22.0 Å². The molecule has 6 atom stereocenters. The molecule has 3 heterocycles. The van der Waals surface area contributed by atoms with Gasteiger partial charge in [-0.15, -0.1) is 0 Å². The van der Waals surface area contributed by atoms with Crippen LogP contribution in [0.2, 0.25) is 0 Å². The zero-order valence-corrected chi connectivity index (χ0v) is 16.0. The summed E-state index contributed by atoms with van der Waals surface area (Å²) in [5, 5.41) is 0. The summed E-state index contributed by atoms with van der Waals surface area (Å²) in [6.45, 7) is 6.55. The topological polar surface area (TPSA) is 65.2 Å². The smallest absolute Gasteiger partial charge is 0.309 e. The van der Waals surface area contributed by atoms with Crippen molar-refractivity contribution >= 4 is 12.0 Å². The van der Waals surface area contributed by atoms with Crippen molar-refractivity contribution < 1.29 is 13.9 Å². The molecule has 1 aliphatic heterocycles. The first-order valence-corrected chi connectivity index (χ1v) is 9.83. The van der Waals surface area contributed by atoms with Gasteiger partial charge in [0.15, 0.2) is 0 Å². The van der Waals surface area contributed by atoms with Gasteiger partial charge < -0.3 is 9.15 Å². The maximum absolute atomic E-state index is 12.3. The van der Waals surface area contributed by atoms with Crippen molar-refractivity contribution in [2.24, 2.45) is 29.6 Å². The standard InChI is InChI=1S/C22H26N2O3/c1-4-17-13(2)11-19-20(14(3)27-22(19)25)18(17)8-7-16-6-5-15(12-24-16)21-23-9-10-26-21/h5-10,12-14,17-20H,4,11H2,1-3H3/t13-,14+,17+,18-,19+,20-/m0/s1. The van der Waals surface area contributed by atoms with Crippen molar-refractivity contribution in [3.8, 4) is 11.5 Å². The minimum atomic E-state index is -0.0148. The minimum Gasteiger partial charge on any atom is -0.462 e. The van der Waals surface area contributed by atoms with E-state index in [1.54, 1.807) is 18.7 Å². The number of oxazole rings is 1. The highest BCUT2D eigenvalue weighted by atomic mass is 16.6. The van der Waals surface area contributed by atoms with Gasteiger partial charge in [0.25, 0.3) is 0 Å². The number of hydrogen-bond acceptors (Lipinski definition) is 5. The number of ether oxygens (including phenoxy) is 1. The van der Waals surface area contributed by atoms with Gasteiger partial charge in [-0.05, 0) is 49.3 Å². The molecule has 0 aromatic carbocycles. The van der Waals surface area contributed by atoms with E-state index in [9.17, 15) is 4.79 Å². The van der Waals surface area contributed by atoms with Crippen molar-refractivity contribution in [3.05, 3.63) is 42.6 Å². The van der Waals surface area contributed by atoms with Crippen molar-refractivity contribution in [1.29, 1.82) is 0 Å². The van der Waals surface area contributed by atoms with E-state index in [1.165, 1.54) is 0 Å². The fourth-order valence-electron chi connectivity index (χ4n) is 5.06. The Balaban J connectivity index is 1.57. The molecule has 5 nitrogen and oxygen atoms in total. The molecular weight excluding hydrogens is 340 g/mol. The maximum Gasteiger partial charge on any atom is 0.309 e. The van der Waals surface area contributed by atoms with E-state index in [0.717, 1.165) is 24.1 Å². The highest BCUT2D eigenvalue weighted by molar-refractivity contribution is 5.75. The Morgan fingerprint density at radius 3 is 2.78 bits per heavy atom. The van der Waals surface area contributed by atoms with E-state index in [-0.39, 0.29) is 23.9 Å². The molecule has 2 aliphatic rings. The Hall–Kier alpha value is -2.43. The highest BCUT2D eigenvalue weighted by Crippen LogP contribution is 2.50. The molecule has 0 radical (unpaired) electrons. The molecule has 1 saturated heterocycles.